The molecule has 0 aromatic heterocycles. The maximum atomic E-state index is 12.6. The van der Waals surface area contributed by atoms with E-state index >= 15 is 0 Å². The van der Waals surface area contributed by atoms with Crippen LogP contribution in [-0.4, -0.2) is 25.7 Å². The van der Waals surface area contributed by atoms with Crippen molar-refractivity contribution in [2.45, 2.75) is 31.2 Å². The van der Waals surface area contributed by atoms with Crippen LogP contribution < -0.4 is 10.6 Å². The van der Waals surface area contributed by atoms with Crippen molar-refractivity contribution in [3.63, 3.8) is 0 Å². The summed E-state index contributed by atoms with van der Waals surface area (Å²) in [6.07, 6.45) is 0. The van der Waals surface area contributed by atoms with Gasteiger partial charge in [0.05, 0.1) is 4.90 Å². The lowest BCUT2D eigenvalue weighted by molar-refractivity contribution is -0.123. The molecule has 0 saturated heterocycles. The minimum absolute atomic E-state index is 0.0322. The third-order valence-electron chi connectivity index (χ3n) is 3.79. The summed E-state index contributed by atoms with van der Waals surface area (Å²) in [6, 6.07) is 9.73. The first-order chi connectivity index (χ1) is 13.2. The van der Waals surface area contributed by atoms with Gasteiger partial charge < -0.3 is 10.6 Å². The normalized spacial score (nSPS) is 12.3. The first-order valence-corrected chi connectivity index (χ1v) is 9.84. The van der Waals surface area contributed by atoms with Gasteiger partial charge in [-0.3, -0.25) is 9.59 Å². The third-order valence-corrected chi connectivity index (χ3v) is 5.29. The molecule has 0 bridgehead atoms. The molecule has 2 aromatic carbocycles. The summed E-state index contributed by atoms with van der Waals surface area (Å²) in [7, 11) is -5.48. The summed E-state index contributed by atoms with van der Waals surface area (Å²) in [5, 5.41) is 5.25. The molecule has 2 aromatic rings. The smallest absolute Gasteiger partial charge is 0.326 e. The predicted molar refractivity (Wildman–Crippen MR) is 102 cm³/mol. The number of benzene rings is 2. The van der Waals surface area contributed by atoms with Gasteiger partial charge in [0.2, 0.25) is 5.91 Å². The molecular weight excluding hydrogens is 409 g/mol. The van der Waals surface area contributed by atoms with E-state index in [2.05, 4.69) is 10.6 Å². The summed E-state index contributed by atoms with van der Waals surface area (Å²) in [5.74, 6) is -0.873. The van der Waals surface area contributed by atoms with Crippen molar-refractivity contribution in [2.24, 2.45) is 5.41 Å². The van der Waals surface area contributed by atoms with E-state index in [0.717, 1.165) is 24.3 Å². The van der Waals surface area contributed by atoms with E-state index in [1.54, 1.807) is 39.0 Å². The number of amides is 2. The molecule has 6 nitrogen and oxygen atoms in total. The van der Waals surface area contributed by atoms with E-state index in [9.17, 15) is 31.2 Å². The Morgan fingerprint density at radius 1 is 0.862 bits per heavy atom. The molecule has 0 heterocycles. The number of sulfone groups is 1. The maximum Gasteiger partial charge on any atom is 0.501 e. The van der Waals surface area contributed by atoms with Crippen LogP contribution in [0.3, 0.4) is 0 Å². The van der Waals surface area contributed by atoms with Crippen LogP contribution in [0.4, 0.5) is 24.5 Å². The molecule has 0 saturated carbocycles. The molecule has 156 valence electrons. The van der Waals surface area contributed by atoms with E-state index in [1.165, 1.54) is 6.07 Å². The van der Waals surface area contributed by atoms with Crippen LogP contribution in [-0.2, 0) is 14.6 Å². The van der Waals surface area contributed by atoms with Crippen LogP contribution in [0.1, 0.15) is 31.1 Å². The zero-order chi connectivity index (χ0) is 22.0. The molecule has 0 spiro atoms. The monoisotopic (exact) mass is 428 g/mol. The van der Waals surface area contributed by atoms with Crippen LogP contribution in [0, 0.1) is 5.41 Å². The Labute approximate surface area is 166 Å². The average Bonchev–Trinajstić information content (AvgIpc) is 2.60. The Hall–Kier alpha value is -2.88. The van der Waals surface area contributed by atoms with Crippen LogP contribution >= 0.6 is 0 Å². The van der Waals surface area contributed by atoms with Crippen molar-refractivity contribution in [3.05, 3.63) is 54.1 Å². The Kier molecular flexibility index (Phi) is 6.07. The summed E-state index contributed by atoms with van der Waals surface area (Å²) in [5.41, 5.74) is -5.27. The quantitative estimate of drug-likeness (QED) is 0.763. The summed E-state index contributed by atoms with van der Waals surface area (Å²) < 4.78 is 60.4. The first kappa shape index (κ1) is 22.4. The van der Waals surface area contributed by atoms with Gasteiger partial charge in [-0.25, -0.2) is 8.42 Å². The van der Waals surface area contributed by atoms with Crippen molar-refractivity contribution in [2.75, 3.05) is 10.6 Å². The highest BCUT2D eigenvalue weighted by atomic mass is 32.2. The lowest BCUT2D eigenvalue weighted by Gasteiger charge is -2.18. The second kappa shape index (κ2) is 7.86. The van der Waals surface area contributed by atoms with Gasteiger partial charge in [-0.05, 0) is 42.5 Å². The molecule has 0 aliphatic heterocycles. The fraction of sp³-hybridized carbons (Fsp3) is 0.263. The van der Waals surface area contributed by atoms with Crippen LogP contribution in [0.15, 0.2) is 53.4 Å². The number of hydrogen-bond acceptors (Lipinski definition) is 4. The molecule has 2 N–H and O–H groups in total. The number of alkyl halides is 3. The van der Waals surface area contributed by atoms with E-state index in [4.69, 9.17) is 0 Å². The molecule has 2 rings (SSSR count). The van der Waals surface area contributed by atoms with Crippen LogP contribution in [0.5, 0.6) is 0 Å². The number of carbonyl (C=O) groups excluding carboxylic acids is 2. The van der Waals surface area contributed by atoms with Crippen molar-refractivity contribution in [3.8, 4) is 0 Å². The minimum Gasteiger partial charge on any atom is -0.326 e. The zero-order valence-corrected chi connectivity index (χ0v) is 16.6. The molecule has 0 unspecified atom stereocenters. The molecule has 0 aliphatic rings. The standard InChI is InChI=1S/C19H19F3N2O4S/c1-18(2,3)17(26)24-14-6-4-5-13(11-14)23-16(25)12-7-9-15(10-8-12)29(27,28)19(20,21)22/h4-11H,1-3H3,(H,23,25)(H,24,26). The Morgan fingerprint density at radius 3 is 1.86 bits per heavy atom. The molecule has 2 amide bonds. The van der Waals surface area contributed by atoms with Crippen LogP contribution in [0.25, 0.3) is 0 Å². The Bertz CT molecular complexity index is 1020. The van der Waals surface area contributed by atoms with Gasteiger partial charge in [0, 0.05) is 22.4 Å². The Morgan fingerprint density at radius 2 is 1.38 bits per heavy atom. The number of carbonyl (C=O) groups is 2. The second-order valence-electron chi connectivity index (χ2n) is 7.21. The molecule has 29 heavy (non-hydrogen) atoms. The highest BCUT2D eigenvalue weighted by molar-refractivity contribution is 7.92. The van der Waals surface area contributed by atoms with E-state index in [1.807, 2.05) is 0 Å². The molecule has 0 fully saturated rings. The molecule has 0 radical (unpaired) electrons. The highest BCUT2D eigenvalue weighted by Crippen LogP contribution is 2.30. The average molecular weight is 428 g/mol. The Balaban J connectivity index is 2.15. The minimum atomic E-state index is -5.48. The van der Waals surface area contributed by atoms with Crippen molar-refractivity contribution >= 4 is 33.0 Å². The molecule has 0 aliphatic carbocycles. The lowest BCUT2D eigenvalue weighted by atomic mass is 9.95. The maximum absolute atomic E-state index is 12.6. The lowest BCUT2D eigenvalue weighted by Crippen LogP contribution is -2.27. The molecule has 0 atom stereocenters. The SMILES string of the molecule is CC(C)(C)C(=O)Nc1cccc(NC(=O)c2ccc(S(=O)(=O)C(F)(F)F)cc2)c1. The van der Waals surface area contributed by atoms with Gasteiger partial charge in [0.1, 0.15) is 0 Å². The van der Waals surface area contributed by atoms with E-state index in [-0.39, 0.29) is 11.5 Å². The molecule has 10 heteroatoms. The number of halogens is 3. The second-order valence-corrected chi connectivity index (χ2v) is 9.15. The van der Waals surface area contributed by atoms with Gasteiger partial charge in [0.15, 0.2) is 0 Å². The summed E-state index contributed by atoms with van der Waals surface area (Å²) in [6.45, 7) is 5.24. The van der Waals surface area contributed by atoms with E-state index < -0.39 is 31.6 Å². The summed E-state index contributed by atoms with van der Waals surface area (Å²) >= 11 is 0. The first-order valence-electron chi connectivity index (χ1n) is 8.36. The topological polar surface area (TPSA) is 92.3 Å². The predicted octanol–water partition coefficient (Wildman–Crippen LogP) is 4.22. The third kappa shape index (κ3) is 5.35. The van der Waals surface area contributed by atoms with Crippen molar-refractivity contribution in [1.29, 1.82) is 0 Å². The van der Waals surface area contributed by atoms with Crippen molar-refractivity contribution < 1.29 is 31.2 Å². The van der Waals surface area contributed by atoms with Gasteiger partial charge >= 0.3 is 5.51 Å². The van der Waals surface area contributed by atoms with Crippen molar-refractivity contribution in [1.82, 2.24) is 0 Å². The molecular formula is C19H19F3N2O4S. The van der Waals surface area contributed by atoms with Gasteiger partial charge in [-0.2, -0.15) is 13.2 Å². The zero-order valence-electron chi connectivity index (χ0n) is 15.8. The number of nitrogens with one attached hydrogen (secondary N) is 2. The van der Waals surface area contributed by atoms with Gasteiger partial charge in [0.25, 0.3) is 15.7 Å². The number of hydrogen-bond donors (Lipinski definition) is 2. The van der Waals surface area contributed by atoms with Gasteiger partial charge in [-0.1, -0.05) is 26.8 Å². The van der Waals surface area contributed by atoms with Crippen LogP contribution in [0.2, 0.25) is 0 Å². The van der Waals surface area contributed by atoms with Gasteiger partial charge in [-0.15, -0.1) is 0 Å². The summed E-state index contributed by atoms with van der Waals surface area (Å²) in [4.78, 5) is 23.4. The fourth-order valence-electron chi connectivity index (χ4n) is 2.12. The highest BCUT2D eigenvalue weighted by Gasteiger charge is 2.46. The van der Waals surface area contributed by atoms with E-state index in [0.29, 0.717) is 11.4 Å². The number of anilines is 2. The fourth-order valence-corrected chi connectivity index (χ4v) is 2.88. The largest absolute Gasteiger partial charge is 0.501 e. The number of rotatable bonds is 4.